The monoisotopic (exact) mass is 459 g/mol. The number of likely N-dealkylation sites (tertiary alicyclic amines) is 1. The van der Waals surface area contributed by atoms with Crippen LogP contribution in [0.5, 0.6) is 0 Å². The first-order chi connectivity index (χ1) is 14.9. The van der Waals surface area contributed by atoms with Crippen LogP contribution in [0.1, 0.15) is 43.7 Å². The normalized spacial score (nSPS) is 18.8. The number of amides is 1. The van der Waals surface area contributed by atoms with Crippen molar-refractivity contribution in [2.75, 3.05) is 31.1 Å². The number of nitrogens with one attached hydrogen (secondary N) is 1. The van der Waals surface area contributed by atoms with Crippen LogP contribution >= 0.6 is 12.4 Å². The molecule has 0 spiro atoms. The van der Waals surface area contributed by atoms with Crippen molar-refractivity contribution < 1.29 is 13.6 Å². The molecule has 0 bridgehead atoms. The van der Waals surface area contributed by atoms with Crippen molar-refractivity contribution in [2.24, 2.45) is 0 Å². The van der Waals surface area contributed by atoms with Gasteiger partial charge < -0.3 is 14.8 Å². The van der Waals surface area contributed by atoms with Gasteiger partial charge in [0.2, 0.25) is 5.91 Å². The minimum atomic E-state index is -0.699. The number of rotatable bonds is 4. The molecule has 2 aromatic carbocycles. The highest BCUT2D eigenvalue weighted by Crippen LogP contribution is 2.42. The van der Waals surface area contributed by atoms with Gasteiger partial charge in [0.25, 0.3) is 0 Å². The van der Waals surface area contributed by atoms with Crippen molar-refractivity contribution in [2.45, 2.75) is 38.0 Å². The third-order valence-corrected chi connectivity index (χ3v) is 7.07. The lowest BCUT2D eigenvalue weighted by atomic mass is 9.86. The molecule has 4 nitrogen and oxygen atoms in total. The molecule has 32 heavy (non-hydrogen) atoms. The lowest BCUT2D eigenvalue weighted by Crippen LogP contribution is -2.43. The van der Waals surface area contributed by atoms with Crippen LogP contribution < -0.4 is 4.90 Å². The van der Waals surface area contributed by atoms with E-state index in [0.717, 1.165) is 49.1 Å². The van der Waals surface area contributed by atoms with Gasteiger partial charge in [-0.2, -0.15) is 0 Å². The molecule has 2 aliphatic rings. The molecule has 5 rings (SSSR count). The second kappa shape index (κ2) is 8.49. The standard InChI is InChI=1S/C25H27F2N3O.ClH/c1-25(2)20-14-17(26)6-7-22(20)30(24(25)31)13-12-29-10-8-16(9-11-29)19-15-28-23-18(19)4-3-5-21(23)27;/h3-7,14-16,28H,8-13H2,1-2H3;1H. The third-order valence-electron chi connectivity index (χ3n) is 7.07. The fourth-order valence-corrected chi connectivity index (χ4v) is 5.21. The van der Waals surface area contributed by atoms with E-state index in [4.69, 9.17) is 0 Å². The first-order valence-electron chi connectivity index (χ1n) is 11.0. The summed E-state index contributed by atoms with van der Waals surface area (Å²) in [6.45, 7) is 6.99. The number of hydrogen-bond acceptors (Lipinski definition) is 2. The van der Waals surface area contributed by atoms with Gasteiger partial charge in [0.1, 0.15) is 11.6 Å². The highest BCUT2D eigenvalue weighted by Gasteiger charge is 2.44. The maximum atomic E-state index is 14.0. The van der Waals surface area contributed by atoms with Gasteiger partial charge in [0.15, 0.2) is 0 Å². The van der Waals surface area contributed by atoms with E-state index in [-0.39, 0.29) is 29.9 Å². The Morgan fingerprint density at radius 2 is 1.84 bits per heavy atom. The number of piperidine rings is 1. The summed E-state index contributed by atoms with van der Waals surface area (Å²) in [4.78, 5) is 20.3. The highest BCUT2D eigenvalue weighted by molar-refractivity contribution is 6.07. The molecule has 0 unspecified atom stereocenters. The van der Waals surface area contributed by atoms with Crippen molar-refractivity contribution in [1.29, 1.82) is 0 Å². The molecule has 1 saturated heterocycles. The number of para-hydroxylation sites is 1. The summed E-state index contributed by atoms with van der Waals surface area (Å²) in [5.74, 6) is -0.0769. The minimum Gasteiger partial charge on any atom is -0.359 e. The Kier molecular flexibility index (Phi) is 6.03. The zero-order valence-corrected chi connectivity index (χ0v) is 19.1. The highest BCUT2D eigenvalue weighted by atomic mass is 35.5. The molecular weight excluding hydrogens is 432 g/mol. The van der Waals surface area contributed by atoms with Crippen LogP contribution in [0.2, 0.25) is 0 Å². The third kappa shape index (κ3) is 3.69. The van der Waals surface area contributed by atoms with Crippen molar-refractivity contribution in [3.8, 4) is 0 Å². The number of benzene rings is 2. The molecule has 7 heteroatoms. The lowest BCUT2D eigenvalue weighted by Gasteiger charge is -2.33. The Hall–Kier alpha value is -2.44. The molecule has 2 aliphatic heterocycles. The average Bonchev–Trinajstić information content (AvgIpc) is 3.27. The maximum Gasteiger partial charge on any atom is 0.237 e. The molecule has 3 aromatic rings. The van der Waals surface area contributed by atoms with Crippen LogP contribution in [0.4, 0.5) is 14.5 Å². The Morgan fingerprint density at radius 1 is 1.09 bits per heavy atom. The zero-order valence-electron chi connectivity index (χ0n) is 18.3. The van der Waals surface area contributed by atoms with E-state index in [1.807, 2.05) is 31.0 Å². The summed E-state index contributed by atoms with van der Waals surface area (Å²) in [6.07, 6.45) is 3.96. The number of aromatic nitrogens is 1. The molecule has 170 valence electrons. The van der Waals surface area contributed by atoms with Gasteiger partial charge in [-0.1, -0.05) is 12.1 Å². The predicted molar refractivity (Wildman–Crippen MR) is 126 cm³/mol. The number of hydrogen-bond donors (Lipinski definition) is 1. The first-order valence-corrected chi connectivity index (χ1v) is 11.0. The molecule has 1 fully saturated rings. The Balaban J connectivity index is 0.00000245. The van der Waals surface area contributed by atoms with E-state index < -0.39 is 5.41 Å². The van der Waals surface area contributed by atoms with E-state index in [2.05, 4.69) is 9.88 Å². The number of carbonyl (C=O) groups is 1. The van der Waals surface area contributed by atoms with Crippen LogP contribution in [0.15, 0.2) is 42.6 Å². The molecule has 1 aromatic heterocycles. The van der Waals surface area contributed by atoms with Gasteiger partial charge in [0, 0.05) is 30.4 Å². The van der Waals surface area contributed by atoms with Gasteiger partial charge in [-0.25, -0.2) is 8.78 Å². The van der Waals surface area contributed by atoms with Crippen LogP contribution in [0.25, 0.3) is 10.9 Å². The fourth-order valence-electron chi connectivity index (χ4n) is 5.21. The molecule has 0 atom stereocenters. The maximum absolute atomic E-state index is 14.0. The van der Waals surface area contributed by atoms with Crippen LogP contribution in [-0.4, -0.2) is 42.0 Å². The quantitative estimate of drug-likeness (QED) is 0.569. The van der Waals surface area contributed by atoms with Crippen molar-refractivity contribution in [3.63, 3.8) is 0 Å². The number of carbonyl (C=O) groups excluding carboxylic acids is 1. The smallest absolute Gasteiger partial charge is 0.237 e. The van der Waals surface area contributed by atoms with Crippen LogP contribution in [0.3, 0.4) is 0 Å². The zero-order chi connectivity index (χ0) is 21.8. The number of fused-ring (bicyclic) bond motifs is 2. The van der Waals surface area contributed by atoms with Gasteiger partial charge in [-0.15, -0.1) is 12.4 Å². The Labute approximate surface area is 193 Å². The van der Waals surface area contributed by atoms with Gasteiger partial charge in [-0.3, -0.25) is 4.79 Å². The van der Waals surface area contributed by atoms with E-state index in [1.54, 1.807) is 12.1 Å². The number of aromatic amines is 1. The van der Waals surface area contributed by atoms with Gasteiger partial charge in [0.05, 0.1) is 10.9 Å². The lowest BCUT2D eigenvalue weighted by molar-refractivity contribution is -0.122. The fraction of sp³-hybridized carbons (Fsp3) is 0.400. The second-order valence-electron chi connectivity index (χ2n) is 9.27. The summed E-state index contributed by atoms with van der Waals surface area (Å²) in [7, 11) is 0. The van der Waals surface area contributed by atoms with Crippen molar-refractivity contribution in [3.05, 3.63) is 65.4 Å². The molecule has 0 radical (unpaired) electrons. The van der Waals surface area contributed by atoms with E-state index >= 15 is 0 Å². The SMILES string of the molecule is CC1(C)C(=O)N(CCN2CCC(c3c[nH]c4c(F)cccc34)CC2)c2ccc(F)cc21.Cl. The van der Waals surface area contributed by atoms with Crippen molar-refractivity contribution >= 4 is 34.9 Å². The topological polar surface area (TPSA) is 39.3 Å². The number of H-pyrrole nitrogens is 1. The first kappa shape index (κ1) is 22.7. The summed E-state index contributed by atoms with van der Waals surface area (Å²) < 4.78 is 27.7. The van der Waals surface area contributed by atoms with Crippen LogP contribution in [-0.2, 0) is 10.2 Å². The molecule has 0 aliphatic carbocycles. The summed E-state index contributed by atoms with van der Waals surface area (Å²) in [5.41, 5.74) is 2.68. The van der Waals surface area contributed by atoms with Gasteiger partial charge in [-0.05, 0) is 81.1 Å². The molecule has 1 amide bonds. The number of halogens is 3. The second-order valence-corrected chi connectivity index (χ2v) is 9.27. The average molecular weight is 460 g/mol. The summed E-state index contributed by atoms with van der Waals surface area (Å²) in [6, 6.07) is 9.87. The summed E-state index contributed by atoms with van der Waals surface area (Å²) in [5, 5.41) is 0.979. The minimum absolute atomic E-state index is 0. The van der Waals surface area contributed by atoms with Crippen LogP contribution in [0, 0.1) is 11.6 Å². The molecule has 1 N–H and O–H groups in total. The predicted octanol–water partition coefficient (Wildman–Crippen LogP) is 5.37. The van der Waals surface area contributed by atoms with E-state index in [1.165, 1.54) is 23.8 Å². The Bertz CT molecular complexity index is 1150. The number of nitrogens with zero attached hydrogens (tertiary/aromatic N) is 2. The molecule has 3 heterocycles. The van der Waals surface area contributed by atoms with Gasteiger partial charge >= 0.3 is 0 Å². The largest absolute Gasteiger partial charge is 0.359 e. The summed E-state index contributed by atoms with van der Waals surface area (Å²) >= 11 is 0. The van der Waals surface area contributed by atoms with Crippen molar-refractivity contribution in [1.82, 2.24) is 9.88 Å². The van der Waals surface area contributed by atoms with E-state index in [9.17, 15) is 13.6 Å². The molecular formula is C25H28ClF2N3O. The van der Waals surface area contributed by atoms with E-state index in [0.29, 0.717) is 18.0 Å². The number of anilines is 1. The molecule has 0 saturated carbocycles. The Morgan fingerprint density at radius 3 is 2.59 bits per heavy atom.